The Morgan fingerprint density at radius 2 is 1.68 bits per heavy atom. The van der Waals surface area contributed by atoms with Crippen LogP contribution in [0.15, 0.2) is 12.1 Å². The maximum absolute atomic E-state index is 6.10. The normalized spacial score (nSPS) is 23.1. The van der Waals surface area contributed by atoms with Gasteiger partial charge in [0.25, 0.3) is 0 Å². The van der Waals surface area contributed by atoms with Crippen LogP contribution in [0.5, 0.6) is 5.88 Å². The highest BCUT2D eigenvalue weighted by atomic mass is 16.7. The van der Waals surface area contributed by atoms with Crippen LogP contribution in [-0.4, -0.2) is 43.5 Å². The van der Waals surface area contributed by atoms with Crippen LogP contribution in [0.25, 0.3) is 0 Å². The molecule has 2 saturated heterocycles. The van der Waals surface area contributed by atoms with Crippen LogP contribution in [0.2, 0.25) is 0 Å². The van der Waals surface area contributed by atoms with Crippen LogP contribution in [0.3, 0.4) is 0 Å². The lowest BCUT2D eigenvalue weighted by Gasteiger charge is -2.32. The van der Waals surface area contributed by atoms with Crippen LogP contribution in [0.4, 0.5) is 5.82 Å². The molecule has 2 fully saturated rings. The molecule has 0 saturated carbocycles. The van der Waals surface area contributed by atoms with Crippen LogP contribution in [0, 0.1) is 0 Å². The minimum absolute atomic E-state index is 0.365. The highest BCUT2D eigenvalue weighted by Crippen LogP contribution is 2.37. The number of methoxy groups -OCH3 is 1. The van der Waals surface area contributed by atoms with Crippen LogP contribution in [0.1, 0.15) is 40.5 Å². The van der Waals surface area contributed by atoms with Crippen molar-refractivity contribution in [3.8, 4) is 5.88 Å². The standard InChI is InChI=1S/C16H25BN2O3/c1-15(2)16(3,4)22-17(21-15)12-8-9-13(18-14(12)20-5)19-10-6-7-11-19/h8-9H,6-7,10-11H2,1-5H3. The molecule has 0 bridgehead atoms. The van der Waals surface area contributed by atoms with E-state index in [0.717, 1.165) is 24.4 Å². The maximum Gasteiger partial charge on any atom is 0.500 e. The van der Waals surface area contributed by atoms with Crippen molar-refractivity contribution in [3.05, 3.63) is 12.1 Å². The monoisotopic (exact) mass is 304 g/mol. The molecule has 0 aromatic carbocycles. The lowest BCUT2D eigenvalue weighted by atomic mass is 9.79. The van der Waals surface area contributed by atoms with Crippen molar-refractivity contribution in [2.45, 2.75) is 51.7 Å². The van der Waals surface area contributed by atoms with Gasteiger partial charge in [-0.3, -0.25) is 0 Å². The number of pyridine rings is 1. The van der Waals surface area contributed by atoms with Gasteiger partial charge in [-0.05, 0) is 46.6 Å². The van der Waals surface area contributed by atoms with Gasteiger partial charge in [-0.25, -0.2) is 0 Å². The van der Waals surface area contributed by atoms with Gasteiger partial charge in [-0.15, -0.1) is 0 Å². The van der Waals surface area contributed by atoms with Crippen molar-refractivity contribution >= 4 is 18.4 Å². The molecule has 5 nitrogen and oxygen atoms in total. The van der Waals surface area contributed by atoms with Gasteiger partial charge < -0.3 is 18.9 Å². The summed E-state index contributed by atoms with van der Waals surface area (Å²) in [5, 5.41) is 0. The molecule has 3 rings (SSSR count). The van der Waals surface area contributed by atoms with Gasteiger partial charge >= 0.3 is 7.12 Å². The fraction of sp³-hybridized carbons (Fsp3) is 0.688. The van der Waals surface area contributed by atoms with Crippen molar-refractivity contribution in [3.63, 3.8) is 0 Å². The summed E-state index contributed by atoms with van der Waals surface area (Å²) >= 11 is 0. The van der Waals surface area contributed by atoms with E-state index in [0.29, 0.717) is 5.88 Å². The lowest BCUT2D eigenvalue weighted by Crippen LogP contribution is -2.41. The summed E-state index contributed by atoms with van der Waals surface area (Å²) in [6.45, 7) is 10.3. The molecule has 0 unspecified atom stereocenters. The van der Waals surface area contributed by atoms with Gasteiger partial charge in [-0.1, -0.05) is 6.07 Å². The average molecular weight is 304 g/mol. The Kier molecular flexibility index (Phi) is 3.85. The molecule has 120 valence electrons. The molecule has 0 radical (unpaired) electrons. The minimum Gasteiger partial charge on any atom is -0.481 e. The number of aromatic nitrogens is 1. The number of anilines is 1. The van der Waals surface area contributed by atoms with Gasteiger partial charge in [-0.2, -0.15) is 4.98 Å². The van der Waals surface area contributed by atoms with Crippen molar-refractivity contribution in [2.75, 3.05) is 25.1 Å². The molecule has 0 N–H and O–H groups in total. The molecule has 2 aliphatic heterocycles. The predicted octanol–water partition coefficient (Wildman–Crippen LogP) is 1.99. The first kappa shape index (κ1) is 15.6. The van der Waals surface area contributed by atoms with Crippen molar-refractivity contribution in [2.24, 2.45) is 0 Å². The highest BCUT2D eigenvalue weighted by molar-refractivity contribution is 6.63. The zero-order valence-corrected chi connectivity index (χ0v) is 14.2. The number of rotatable bonds is 3. The van der Waals surface area contributed by atoms with E-state index < -0.39 is 7.12 Å². The summed E-state index contributed by atoms with van der Waals surface area (Å²) in [5.41, 5.74) is 0.121. The molecule has 1 aromatic heterocycles. The topological polar surface area (TPSA) is 43.8 Å². The largest absolute Gasteiger partial charge is 0.500 e. The zero-order valence-electron chi connectivity index (χ0n) is 14.2. The Bertz CT molecular complexity index is 540. The van der Waals surface area contributed by atoms with E-state index in [2.05, 4.69) is 9.88 Å². The summed E-state index contributed by atoms with van der Waals surface area (Å²) in [6.07, 6.45) is 2.45. The third-order valence-electron chi connectivity index (χ3n) is 5.01. The molecule has 22 heavy (non-hydrogen) atoms. The van der Waals surface area contributed by atoms with Gasteiger partial charge in [0.2, 0.25) is 5.88 Å². The first-order chi connectivity index (χ1) is 10.3. The summed E-state index contributed by atoms with van der Waals surface area (Å²) in [7, 11) is 1.20. The van der Waals surface area contributed by atoms with Crippen molar-refractivity contribution < 1.29 is 14.0 Å². The fourth-order valence-electron chi connectivity index (χ4n) is 2.88. The Hall–Kier alpha value is -1.27. The summed E-state index contributed by atoms with van der Waals surface area (Å²) in [5.74, 6) is 1.55. The SMILES string of the molecule is COc1nc(N2CCCC2)ccc1B1OC(C)(C)C(C)(C)O1. The first-order valence-corrected chi connectivity index (χ1v) is 7.99. The smallest absolute Gasteiger partial charge is 0.481 e. The van der Waals surface area contributed by atoms with E-state index in [1.807, 2.05) is 39.8 Å². The predicted molar refractivity (Wildman–Crippen MR) is 88.0 cm³/mol. The maximum atomic E-state index is 6.10. The summed E-state index contributed by atoms with van der Waals surface area (Å²) in [6, 6.07) is 4.05. The quantitative estimate of drug-likeness (QED) is 0.799. The van der Waals surface area contributed by atoms with Crippen molar-refractivity contribution in [1.82, 2.24) is 4.98 Å². The summed E-state index contributed by atoms with van der Waals surface area (Å²) < 4.78 is 17.7. The Morgan fingerprint density at radius 1 is 1.09 bits per heavy atom. The van der Waals surface area contributed by atoms with Gasteiger partial charge in [0, 0.05) is 18.6 Å². The van der Waals surface area contributed by atoms with Crippen LogP contribution < -0.4 is 15.1 Å². The number of hydrogen-bond acceptors (Lipinski definition) is 5. The second-order valence-corrected chi connectivity index (χ2v) is 7.05. The number of ether oxygens (including phenoxy) is 1. The van der Waals surface area contributed by atoms with Gasteiger partial charge in [0.05, 0.1) is 18.3 Å². The van der Waals surface area contributed by atoms with Crippen molar-refractivity contribution in [1.29, 1.82) is 0 Å². The van der Waals surface area contributed by atoms with Crippen LogP contribution in [-0.2, 0) is 9.31 Å². The molecule has 0 aliphatic carbocycles. The molecular formula is C16H25BN2O3. The first-order valence-electron chi connectivity index (χ1n) is 7.99. The number of nitrogens with zero attached hydrogens (tertiary/aromatic N) is 2. The molecule has 3 heterocycles. The van der Waals surface area contributed by atoms with Gasteiger partial charge in [0.15, 0.2) is 0 Å². The lowest BCUT2D eigenvalue weighted by molar-refractivity contribution is 0.00578. The average Bonchev–Trinajstić information content (AvgIpc) is 3.05. The molecule has 0 spiro atoms. The third-order valence-corrected chi connectivity index (χ3v) is 5.01. The molecule has 0 atom stereocenters. The van der Waals surface area contributed by atoms with E-state index in [-0.39, 0.29) is 11.2 Å². The van der Waals surface area contributed by atoms with Gasteiger partial charge in [0.1, 0.15) is 5.82 Å². The van der Waals surface area contributed by atoms with E-state index in [9.17, 15) is 0 Å². The molecule has 0 amide bonds. The Labute approximate surface area is 133 Å². The third kappa shape index (κ3) is 2.59. The Morgan fingerprint density at radius 3 is 2.23 bits per heavy atom. The zero-order chi connectivity index (χ0) is 16.0. The van der Waals surface area contributed by atoms with E-state index in [4.69, 9.17) is 14.0 Å². The fourth-order valence-corrected chi connectivity index (χ4v) is 2.88. The second kappa shape index (κ2) is 5.42. The molecular weight excluding hydrogens is 279 g/mol. The molecule has 2 aliphatic rings. The minimum atomic E-state index is -0.444. The van der Waals surface area contributed by atoms with E-state index >= 15 is 0 Å². The Balaban J connectivity index is 1.88. The molecule has 1 aromatic rings. The number of hydrogen-bond donors (Lipinski definition) is 0. The molecule has 6 heteroatoms. The summed E-state index contributed by atoms with van der Waals surface area (Å²) in [4.78, 5) is 6.95. The highest BCUT2D eigenvalue weighted by Gasteiger charge is 2.52. The van der Waals surface area contributed by atoms with E-state index in [1.165, 1.54) is 12.8 Å². The second-order valence-electron chi connectivity index (χ2n) is 7.05. The van der Waals surface area contributed by atoms with Crippen LogP contribution >= 0.6 is 0 Å². The van der Waals surface area contributed by atoms with E-state index in [1.54, 1.807) is 7.11 Å².